The lowest BCUT2D eigenvalue weighted by molar-refractivity contribution is -0.133. The van der Waals surface area contributed by atoms with Crippen molar-refractivity contribution >= 4 is 34.2 Å². The van der Waals surface area contributed by atoms with E-state index < -0.39 is 5.97 Å². The summed E-state index contributed by atoms with van der Waals surface area (Å²) < 4.78 is 0.661. The number of rotatable bonds is 6. The minimum absolute atomic E-state index is 0.00646. The molecule has 1 aromatic heterocycles. The molecule has 0 atom stereocenters. The molecular formula is C12H13N3O2S2. The molecule has 0 aliphatic carbocycles. The van der Waals surface area contributed by atoms with Crippen LogP contribution in [0, 0.1) is 6.92 Å². The van der Waals surface area contributed by atoms with Gasteiger partial charge in [0.2, 0.25) is 5.13 Å². The predicted octanol–water partition coefficient (Wildman–Crippen LogP) is 2.64. The first-order chi connectivity index (χ1) is 9.13. The van der Waals surface area contributed by atoms with Crippen LogP contribution in [0.15, 0.2) is 28.6 Å². The van der Waals surface area contributed by atoms with Crippen LogP contribution in [-0.4, -0.2) is 27.0 Å². The molecule has 0 fully saturated rings. The van der Waals surface area contributed by atoms with Gasteiger partial charge in [-0.25, -0.2) is 0 Å². The third-order valence-corrected chi connectivity index (χ3v) is 4.25. The van der Waals surface area contributed by atoms with Crippen LogP contribution < -0.4 is 5.32 Å². The number of benzene rings is 1. The van der Waals surface area contributed by atoms with Crippen molar-refractivity contribution in [2.45, 2.75) is 17.8 Å². The molecule has 0 saturated carbocycles. The standard InChI is InChI=1S/C12H13N3O2S2/c1-8-3-2-4-9(5-8)6-13-11-14-15-12(19-11)18-7-10(16)17/h2-5H,6-7H2,1H3,(H,13,14)(H,16,17). The molecule has 1 aromatic carbocycles. The van der Waals surface area contributed by atoms with E-state index in [0.717, 1.165) is 0 Å². The lowest BCUT2D eigenvalue weighted by atomic mass is 10.1. The highest BCUT2D eigenvalue weighted by atomic mass is 32.2. The van der Waals surface area contributed by atoms with E-state index in [1.165, 1.54) is 34.2 Å². The summed E-state index contributed by atoms with van der Waals surface area (Å²) in [5, 5.41) is 20.4. The number of carboxylic acids is 1. The van der Waals surface area contributed by atoms with Crippen molar-refractivity contribution in [2.24, 2.45) is 0 Å². The molecule has 0 spiro atoms. The fourth-order valence-electron chi connectivity index (χ4n) is 1.46. The molecule has 0 amide bonds. The summed E-state index contributed by atoms with van der Waals surface area (Å²) in [6.45, 7) is 2.73. The smallest absolute Gasteiger partial charge is 0.313 e. The van der Waals surface area contributed by atoms with E-state index in [4.69, 9.17) is 5.11 Å². The number of hydrogen-bond acceptors (Lipinski definition) is 6. The normalized spacial score (nSPS) is 10.4. The average Bonchev–Trinajstić information content (AvgIpc) is 2.82. The third kappa shape index (κ3) is 4.53. The summed E-state index contributed by atoms with van der Waals surface area (Å²) in [6, 6.07) is 8.21. The number of carbonyl (C=O) groups is 1. The molecule has 100 valence electrons. The number of anilines is 1. The molecule has 0 unspecified atom stereocenters. The van der Waals surface area contributed by atoms with E-state index in [9.17, 15) is 4.79 Å². The Labute approximate surface area is 119 Å². The monoisotopic (exact) mass is 295 g/mol. The van der Waals surface area contributed by atoms with E-state index in [-0.39, 0.29) is 5.75 Å². The zero-order valence-corrected chi connectivity index (χ0v) is 11.9. The SMILES string of the molecule is Cc1cccc(CNc2nnc(SCC(=O)O)s2)c1. The maximum atomic E-state index is 10.4. The molecule has 7 heteroatoms. The number of hydrogen-bond donors (Lipinski definition) is 2. The van der Waals surface area contributed by atoms with E-state index in [0.29, 0.717) is 16.0 Å². The van der Waals surface area contributed by atoms with Crippen LogP contribution in [0.1, 0.15) is 11.1 Å². The fraction of sp³-hybridized carbons (Fsp3) is 0.250. The molecule has 0 aliphatic heterocycles. The fourth-order valence-corrected chi connectivity index (χ4v) is 2.93. The molecule has 0 radical (unpaired) electrons. The second-order valence-electron chi connectivity index (χ2n) is 3.90. The van der Waals surface area contributed by atoms with Crippen molar-refractivity contribution in [3.8, 4) is 0 Å². The molecule has 2 aromatic rings. The zero-order chi connectivity index (χ0) is 13.7. The molecular weight excluding hydrogens is 282 g/mol. The van der Waals surface area contributed by atoms with Gasteiger partial charge >= 0.3 is 5.97 Å². The molecule has 1 heterocycles. The number of aryl methyl sites for hydroxylation is 1. The van der Waals surface area contributed by atoms with E-state index in [2.05, 4.69) is 34.6 Å². The van der Waals surface area contributed by atoms with Gasteiger partial charge in [-0.15, -0.1) is 10.2 Å². The predicted molar refractivity (Wildman–Crippen MR) is 76.8 cm³/mol. The van der Waals surface area contributed by atoms with E-state index >= 15 is 0 Å². The molecule has 19 heavy (non-hydrogen) atoms. The molecule has 0 bridgehead atoms. The van der Waals surface area contributed by atoms with Gasteiger partial charge in [0.15, 0.2) is 4.34 Å². The van der Waals surface area contributed by atoms with Gasteiger partial charge in [-0.1, -0.05) is 52.9 Å². The van der Waals surface area contributed by atoms with E-state index in [1.54, 1.807) is 0 Å². The Balaban J connectivity index is 1.88. The Morgan fingerprint density at radius 3 is 3.05 bits per heavy atom. The second-order valence-corrected chi connectivity index (χ2v) is 6.10. The number of aromatic nitrogens is 2. The topological polar surface area (TPSA) is 75.1 Å². The van der Waals surface area contributed by atoms with Gasteiger partial charge in [0.1, 0.15) is 0 Å². The Bertz CT molecular complexity index is 572. The van der Waals surface area contributed by atoms with Crippen molar-refractivity contribution in [3.63, 3.8) is 0 Å². The van der Waals surface area contributed by atoms with Gasteiger partial charge in [-0.2, -0.15) is 0 Å². The highest BCUT2D eigenvalue weighted by Gasteiger charge is 2.06. The molecule has 2 N–H and O–H groups in total. The highest BCUT2D eigenvalue weighted by Crippen LogP contribution is 2.25. The van der Waals surface area contributed by atoms with Crippen molar-refractivity contribution in [1.82, 2.24) is 10.2 Å². The van der Waals surface area contributed by atoms with Crippen molar-refractivity contribution in [2.75, 3.05) is 11.1 Å². The first-order valence-corrected chi connectivity index (χ1v) is 7.41. The van der Waals surface area contributed by atoms with Crippen molar-refractivity contribution in [3.05, 3.63) is 35.4 Å². The number of nitrogens with zero attached hydrogens (tertiary/aromatic N) is 2. The van der Waals surface area contributed by atoms with Gasteiger partial charge in [-0.3, -0.25) is 4.79 Å². The van der Waals surface area contributed by atoms with Gasteiger partial charge in [0.25, 0.3) is 0 Å². The summed E-state index contributed by atoms with van der Waals surface area (Å²) >= 11 is 2.54. The first kappa shape index (κ1) is 13.8. The number of thioether (sulfide) groups is 1. The Morgan fingerprint density at radius 1 is 1.47 bits per heavy atom. The maximum Gasteiger partial charge on any atom is 0.313 e. The quantitative estimate of drug-likeness (QED) is 0.798. The molecule has 0 aliphatic rings. The summed E-state index contributed by atoms with van der Waals surface area (Å²) in [5.41, 5.74) is 2.39. The van der Waals surface area contributed by atoms with Gasteiger partial charge in [0.05, 0.1) is 5.75 Å². The molecule has 2 rings (SSSR count). The summed E-state index contributed by atoms with van der Waals surface area (Å²) in [5.74, 6) is -0.846. The van der Waals surface area contributed by atoms with Crippen LogP contribution in [0.4, 0.5) is 5.13 Å². The van der Waals surface area contributed by atoms with Crippen LogP contribution >= 0.6 is 23.1 Å². The van der Waals surface area contributed by atoms with Crippen LogP contribution in [0.5, 0.6) is 0 Å². The lowest BCUT2D eigenvalue weighted by Gasteiger charge is -2.02. The maximum absolute atomic E-state index is 10.4. The number of aliphatic carboxylic acids is 1. The van der Waals surface area contributed by atoms with Crippen LogP contribution in [0.25, 0.3) is 0 Å². The number of nitrogens with one attached hydrogen (secondary N) is 1. The average molecular weight is 295 g/mol. The first-order valence-electron chi connectivity index (χ1n) is 5.61. The third-order valence-electron chi connectivity index (χ3n) is 2.25. The van der Waals surface area contributed by atoms with Crippen molar-refractivity contribution in [1.29, 1.82) is 0 Å². The lowest BCUT2D eigenvalue weighted by Crippen LogP contribution is -1.98. The van der Waals surface area contributed by atoms with Crippen LogP contribution in [0.3, 0.4) is 0 Å². The number of carboxylic acid groups (broad SMARTS) is 1. The zero-order valence-electron chi connectivity index (χ0n) is 10.3. The van der Waals surface area contributed by atoms with Gasteiger partial charge in [0, 0.05) is 6.54 Å². The van der Waals surface area contributed by atoms with Gasteiger partial charge in [-0.05, 0) is 12.5 Å². The minimum atomic E-state index is -0.852. The summed E-state index contributed by atoms with van der Waals surface area (Å²) in [6.07, 6.45) is 0. The molecule has 0 saturated heterocycles. The Hall–Kier alpha value is -1.60. The molecule has 5 nitrogen and oxygen atoms in total. The Kier molecular flexibility index (Phi) is 4.75. The Morgan fingerprint density at radius 2 is 2.32 bits per heavy atom. The van der Waals surface area contributed by atoms with E-state index in [1.807, 2.05) is 12.1 Å². The van der Waals surface area contributed by atoms with Crippen LogP contribution in [0.2, 0.25) is 0 Å². The van der Waals surface area contributed by atoms with Gasteiger partial charge < -0.3 is 10.4 Å². The summed E-state index contributed by atoms with van der Waals surface area (Å²) in [7, 11) is 0. The second kappa shape index (κ2) is 6.53. The van der Waals surface area contributed by atoms with Crippen molar-refractivity contribution < 1.29 is 9.90 Å². The summed E-state index contributed by atoms with van der Waals surface area (Å²) in [4.78, 5) is 10.4. The highest BCUT2D eigenvalue weighted by molar-refractivity contribution is 8.01. The van der Waals surface area contributed by atoms with Crippen LogP contribution in [-0.2, 0) is 11.3 Å². The minimum Gasteiger partial charge on any atom is -0.481 e. The largest absolute Gasteiger partial charge is 0.481 e.